The molecule has 1 N–H and O–H groups in total. The minimum Gasteiger partial charge on any atom is -0.381 e. The Morgan fingerprint density at radius 3 is 3.00 bits per heavy atom. The number of benzene rings is 1. The maximum Gasteiger partial charge on any atom is 0.146 e. The zero-order chi connectivity index (χ0) is 10.6. The second-order valence-electron chi connectivity index (χ2n) is 3.04. The zero-order valence-electron chi connectivity index (χ0n) is 7.72. The van der Waals surface area contributed by atoms with Crippen molar-refractivity contribution in [2.75, 3.05) is 11.9 Å². The molecule has 1 aromatic carbocycles. The van der Waals surface area contributed by atoms with Crippen LogP contribution in [0.4, 0.5) is 10.1 Å². The minimum absolute atomic E-state index is 0.131. The lowest BCUT2D eigenvalue weighted by molar-refractivity contribution is 0.628. The van der Waals surface area contributed by atoms with E-state index in [9.17, 15) is 4.39 Å². The Kier molecular flexibility index (Phi) is 3.90. The van der Waals surface area contributed by atoms with Gasteiger partial charge in [-0.15, -0.1) is 0 Å². The van der Waals surface area contributed by atoms with Gasteiger partial charge in [-0.25, -0.2) is 4.39 Å². The first-order valence-electron chi connectivity index (χ1n) is 4.22. The van der Waals surface area contributed by atoms with Crippen LogP contribution in [0.2, 0.25) is 0 Å². The van der Waals surface area contributed by atoms with Crippen LogP contribution >= 0.6 is 15.9 Å². The van der Waals surface area contributed by atoms with Crippen molar-refractivity contribution < 1.29 is 4.39 Å². The van der Waals surface area contributed by atoms with Crippen LogP contribution in [0.25, 0.3) is 0 Å². The highest BCUT2D eigenvalue weighted by molar-refractivity contribution is 9.10. The van der Waals surface area contributed by atoms with E-state index in [1.807, 2.05) is 0 Å². The third-order valence-corrected chi connectivity index (χ3v) is 2.24. The van der Waals surface area contributed by atoms with Crippen molar-refractivity contribution in [2.45, 2.75) is 6.92 Å². The van der Waals surface area contributed by atoms with Crippen molar-refractivity contribution in [2.24, 2.45) is 5.92 Å². The molecule has 0 spiro atoms. The Morgan fingerprint density at radius 1 is 1.64 bits per heavy atom. The molecule has 74 valence electrons. The maximum absolute atomic E-state index is 13.2. The van der Waals surface area contributed by atoms with Crippen LogP contribution in [-0.4, -0.2) is 6.54 Å². The molecule has 2 nitrogen and oxygen atoms in total. The van der Waals surface area contributed by atoms with Crippen molar-refractivity contribution >= 4 is 21.6 Å². The molecule has 0 saturated heterocycles. The topological polar surface area (TPSA) is 35.8 Å². The average molecular weight is 257 g/mol. The van der Waals surface area contributed by atoms with Crippen molar-refractivity contribution in [1.29, 1.82) is 5.26 Å². The Morgan fingerprint density at radius 2 is 2.36 bits per heavy atom. The average Bonchev–Trinajstić information content (AvgIpc) is 2.19. The minimum atomic E-state index is -0.307. The fraction of sp³-hybridized carbons (Fsp3) is 0.300. The van der Waals surface area contributed by atoms with Crippen molar-refractivity contribution in [3.05, 3.63) is 28.5 Å². The molecule has 0 aliphatic rings. The van der Waals surface area contributed by atoms with E-state index in [4.69, 9.17) is 5.26 Å². The van der Waals surface area contributed by atoms with Crippen LogP contribution in [0.1, 0.15) is 6.92 Å². The second kappa shape index (κ2) is 4.97. The highest BCUT2D eigenvalue weighted by Gasteiger charge is 2.04. The standard InChI is InChI=1S/C10H10BrFN2/c1-7(5-13)6-14-10-4-8(11)2-3-9(10)12/h2-4,7,14H,6H2,1H3. The smallest absolute Gasteiger partial charge is 0.146 e. The molecule has 1 atom stereocenters. The zero-order valence-corrected chi connectivity index (χ0v) is 9.31. The molecule has 1 unspecified atom stereocenters. The number of anilines is 1. The van der Waals surface area contributed by atoms with E-state index in [1.54, 1.807) is 19.1 Å². The summed E-state index contributed by atoms with van der Waals surface area (Å²) in [6, 6.07) is 6.74. The molecular formula is C10H10BrFN2. The summed E-state index contributed by atoms with van der Waals surface area (Å²) in [7, 11) is 0. The molecule has 0 aromatic heterocycles. The van der Waals surface area contributed by atoms with Crippen molar-refractivity contribution in [3.8, 4) is 6.07 Å². The quantitative estimate of drug-likeness (QED) is 0.902. The molecule has 0 heterocycles. The van der Waals surface area contributed by atoms with E-state index < -0.39 is 0 Å². The fourth-order valence-electron chi connectivity index (χ4n) is 0.942. The van der Waals surface area contributed by atoms with Gasteiger partial charge in [0.05, 0.1) is 17.7 Å². The Balaban J connectivity index is 2.67. The van der Waals surface area contributed by atoms with Gasteiger partial charge in [0, 0.05) is 11.0 Å². The van der Waals surface area contributed by atoms with E-state index in [2.05, 4.69) is 27.3 Å². The lowest BCUT2D eigenvalue weighted by Crippen LogP contribution is -2.10. The summed E-state index contributed by atoms with van der Waals surface area (Å²) in [5, 5.41) is 11.4. The SMILES string of the molecule is CC(C#N)CNc1cc(Br)ccc1F. The maximum atomic E-state index is 13.2. The summed E-state index contributed by atoms with van der Waals surface area (Å²) in [6.07, 6.45) is 0. The van der Waals surface area contributed by atoms with Crippen LogP contribution in [0.3, 0.4) is 0 Å². The van der Waals surface area contributed by atoms with Crippen LogP contribution < -0.4 is 5.32 Å². The molecule has 14 heavy (non-hydrogen) atoms. The Hall–Kier alpha value is -1.08. The van der Waals surface area contributed by atoms with Gasteiger partial charge in [-0.05, 0) is 25.1 Å². The third-order valence-electron chi connectivity index (χ3n) is 1.75. The number of hydrogen-bond donors (Lipinski definition) is 1. The summed E-state index contributed by atoms with van der Waals surface area (Å²) in [4.78, 5) is 0. The van der Waals surface area contributed by atoms with Gasteiger partial charge in [0.2, 0.25) is 0 Å². The first kappa shape index (κ1) is 11.0. The molecule has 0 fully saturated rings. The number of nitrogens with one attached hydrogen (secondary N) is 1. The summed E-state index contributed by atoms with van der Waals surface area (Å²) in [5.74, 6) is -0.438. The number of rotatable bonds is 3. The van der Waals surface area contributed by atoms with E-state index in [0.29, 0.717) is 12.2 Å². The van der Waals surface area contributed by atoms with Crippen molar-refractivity contribution in [3.63, 3.8) is 0 Å². The van der Waals surface area contributed by atoms with Gasteiger partial charge in [-0.3, -0.25) is 0 Å². The lowest BCUT2D eigenvalue weighted by Gasteiger charge is -2.08. The van der Waals surface area contributed by atoms with Gasteiger partial charge >= 0.3 is 0 Å². The van der Waals surface area contributed by atoms with Crippen LogP contribution in [0.15, 0.2) is 22.7 Å². The molecule has 0 aliphatic carbocycles. The number of hydrogen-bond acceptors (Lipinski definition) is 2. The molecule has 0 radical (unpaired) electrons. The summed E-state index contributed by atoms with van der Waals surface area (Å²) in [6.45, 7) is 2.23. The van der Waals surface area contributed by atoms with Crippen LogP contribution in [-0.2, 0) is 0 Å². The van der Waals surface area contributed by atoms with E-state index >= 15 is 0 Å². The molecule has 0 saturated carbocycles. The number of nitrogens with zero attached hydrogens (tertiary/aromatic N) is 1. The fourth-order valence-corrected chi connectivity index (χ4v) is 1.30. The summed E-state index contributed by atoms with van der Waals surface area (Å²) in [5.41, 5.74) is 0.418. The molecule has 0 aliphatic heterocycles. The van der Waals surface area contributed by atoms with Crippen LogP contribution in [0, 0.1) is 23.1 Å². The summed E-state index contributed by atoms with van der Waals surface area (Å²) < 4.78 is 14.0. The summed E-state index contributed by atoms with van der Waals surface area (Å²) >= 11 is 3.25. The lowest BCUT2D eigenvalue weighted by atomic mass is 10.2. The third kappa shape index (κ3) is 3.00. The van der Waals surface area contributed by atoms with E-state index in [-0.39, 0.29) is 11.7 Å². The van der Waals surface area contributed by atoms with Gasteiger partial charge in [0.25, 0.3) is 0 Å². The highest BCUT2D eigenvalue weighted by atomic mass is 79.9. The van der Waals surface area contributed by atoms with Gasteiger partial charge in [0.15, 0.2) is 0 Å². The first-order valence-corrected chi connectivity index (χ1v) is 5.01. The number of halogens is 2. The first-order chi connectivity index (χ1) is 6.63. The molecular weight excluding hydrogens is 247 g/mol. The highest BCUT2D eigenvalue weighted by Crippen LogP contribution is 2.20. The Bertz CT molecular complexity index is 360. The second-order valence-corrected chi connectivity index (χ2v) is 3.95. The normalized spacial score (nSPS) is 11.9. The van der Waals surface area contributed by atoms with E-state index in [0.717, 1.165) is 4.47 Å². The predicted molar refractivity (Wildman–Crippen MR) is 57.4 cm³/mol. The van der Waals surface area contributed by atoms with Crippen LogP contribution in [0.5, 0.6) is 0 Å². The molecule has 1 rings (SSSR count). The molecule has 4 heteroatoms. The van der Waals surface area contributed by atoms with E-state index in [1.165, 1.54) is 6.07 Å². The van der Waals surface area contributed by atoms with Gasteiger partial charge in [0.1, 0.15) is 5.82 Å². The number of nitriles is 1. The monoisotopic (exact) mass is 256 g/mol. The molecule has 0 amide bonds. The Labute approximate surface area is 90.9 Å². The van der Waals surface area contributed by atoms with Crippen molar-refractivity contribution in [1.82, 2.24) is 0 Å². The largest absolute Gasteiger partial charge is 0.381 e. The van der Waals surface area contributed by atoms with Gasteiger partial charge in [-0.2, -0.15) is 5.26 Å². The van der Waals surface area contributed by atoms with Gasteiger partial charge < -0.3 is 5.32 Å². The molecule has 1 aromatic rings. The predicted octanol–water partition coefficient (Wildman–Crippen LogP) is 3.16. The van der Waals surface area contributed by atoms with Gasteiger partial charge in [-0.1, -0.05) is 15.9 Å². The molecule has 0 bridgehead atoms.